The van der Waals surface area contributed by atoms with E-state index >= 15 is 0 Å². The molecule has 0 spiro atoms. The van der Waals surface area contributed by atoms with Crippen LogP contribution in [0.5, 0.6) is 0 Å². The molecule has 0 saturated carbocycles. The summed E-state index contributed by atoms with van der Waals surface area (Å²) in [7, 11) is -3.22. The zero-order valence-electron chi connectivity index (χ0n) is 13.8. The van der Waals surface area contributed by atoms with Crippen molar-refractivity contribution in [2.75, 3.05) is 0 Å². The van der Waals surface area contributed by atoms with E-state index in [0.717, 1.165) is 17.5 Å². The van der Waals surface area contributed by atoms with Gasteiger partial charge in [0.05, 0.1) is 10.1 Å². The van der Waals surface area contributed by atoms with Crippen LogP contribution in [0.1, 0.15) is 44.2 Å². The highest BCUT2D eigenvalue weighted by Crippen LogP contribution is 2.22. The fraction of sp³-hybridized carbons (Fsp3) is 0.300. The molecule has 0 aliphatic rings. The van der Waals surface area contributed by atoms with E-state index < -0.39 is 9.84 Å². The first-order valence-electron chi connectivity index (χ1n) is 8.15. The minimum atomic E-state index is -3.22. The highest BCUT2D eigenvalue weighted by atomic mass is 32.2. The molecule has 1 unspecified atom stereocenters. The zero-order chi connectivity index (χ0) is 16.7. The summed E-state index contributed by atoms with van der Waals surface area (Å²) >= 11 is 0. The first kappa shape index (κ1) is 17.5. The summed E-state index contributed by atoms with van der Waals surface area (Å²) in [6.45, 7) is 3.96. The Kier molecular flexibility index (Phi) is 6.17. The third-order valence-electron chi connectivity index (χ3n) is 3.98. The van der Waals surface area contributed by atoms with Gasteiger partial charge in [-0.05, 0) is 36.1 Å². The van der Waals surface area contributed by atoms with E-state index in [1.807, 2.05) is 68.5 Å². The molecule has 0 N–H and O–H groups in total. The molecule has 1 atom stereocenters. The van der Waals surface area contributed by atoms with Crippen LogP contribution in [0.15, 0.2) is 59.5 Å². The molecule has 0 amide bonds. The topological polar surface area (TPSA) is 34.1 Å². The summed E-state index contributed by atoms with van der Waals surface area (Å²) in [6.07, 6.45) is 6.28. The quantitative estimate of drug-likeness (QED) is 0.654. The minimum absolute atomic E-state index is 0.279. The average molecular weight is 328 g/mol. The Morgan fingerprint density at radius 1 is 0.870 bits per heavy atom. The van der Waals surface area contributed by atoms with Crippen molar-refractivity contribution in [3.05, 3.63) is 65.7 Å². The Morgan fingerprint density at radius 2 is 1.43 bits per heavy atom. The van der Waals surface area contributed by atoms with Gasteiger partial charge >= 0.3 is 0 Å². The van der Waals surface area contributed by atoms with Gasteiger partial charge in [-0.25, -0.2) is 8.42 Å². The van der Waals surface area contributed by atoms with Gasteiger partial charge in [0.2, 0.25) is 0 Å². The molecule has 0 fully saturated rings. The molecule has 2 aromatic carbocycles. The predicted molar refractivity (Wildman–Crippen MR) is 98.0 cm³/mol. The molecule has 0 aliphatic heterocycles. The summed E-state index contributed by atoms with van der Waals surface area (Å²) in [5.74, 6) is 0. The molecule has 0 heterocycles. The minimum Gasteiger partial charge on any atom is -0.223 e. The molecule has 2 aromatic rings. The van der Waals surface area contributed by atoms with Crippen molar-refractivity contribution in [2.24, 2.45) is 0 Å². The number of benzene rings is 2. The van der Waals surface area contributed by atoms with Crippen molar-refractivity contribution < 1.29 is 8.42 Å². The molecule has 0 saturated heterocycles. The van der Waals surface area contributed by atoms with E-state index in [2.05, 4.69) is 0 Å². The molecule has 2 nitrogen and oxygen atoms in total. The van der Waals surface area contributed by atoms with Crippen LogP contribution >= 0.6 is 0 Å². The molecular formula is C20H24O2S. The summed E-state index contributed by atoms with van der Waals surface area (Å²) in [4.78, 5) is 0.426. The molecular weight excluding hydrogens is 304 g/mol. The van der Waals surface area contributed by atoms with E-state index in [-0.39, 0.29) is 5.25 Å². The summed E-state index contributed by atoms with van der Waals surface area (Å²) in [5, 5.41) is -0.279. The van der Waals surface area contributed by atoms with E-state index in [1.54, 1.807) is 12.1 Å². The molecule has 0 bridgehead atoms. The lowest BCUT2D eigenvalue weighted by molar-refractivity contribution is 0.564. The largest absolute Gasteiger partial charge is 0.223 e. The maximum absolute atomic E-state index is 12.6. The van der Waals surface area contributed by atoms with Gasteiger partial charge in [0, 0.05) is 0 Å². The van der Waals surface area contributed by atoms with Crippen molar-refractivity contribution in [3.8, 4) is 0 Å². The first-order chi connectivity index (χ1) is 11.1. The van der Waals surface area contributed by atoms with Gasteiger partial charge < -0.3 is 0 Å². The second-order valence-corrected chi connectivity index (χ2v) is 7.91. The predicted octanol–water partition coefficient (Wildman–Crippen LogP) is 5.21. The lowest BCUT2D eigenvalue weighted by Crippen LogP contribution is -2.20. The van der Waals surface area contributed by atoms with E-state index in [1.165, 1.54) is 0 Å². The molecule has 3 heteroatoms. The molecule has 2 rings (SSSR count). The molecule has 122 valence electrons. The summed E-state index contributed by atoms with van der Waals surface area (Å²) < 4.78 is 25.3. The molecule has 0 aliphatic carbocycles. The fourth-order valence-corrected chi connectivity index (χ4v) is 4.50. The second-order valence-electron chi connectivity index (χ2n) is 5.68. The third-order valence-corrected chi connectivity index (χ3v) is 6.36. The Balaban J connectivity index is 2.17. The first-order valence-corrected chi connectivity index (χ1v) is 9.69. The van der Waals surface area contributed by atoms with Gasteiger partial charge in [0.15, 0.2) is 9.84 Å². The van der Waals surface area contributed by atoms with E-state index in [4.69, 9.17) is 0 Å². The lowest BCUT2D eigenvalue weighted by Gasteiger charge is -2.15. The molecule has 0 radical (unpaired) electrons. The van der Waals surface area contributed by atoms with Crippen molar-refractivity contribution in [1.82, 2.24) is 0 Å². The zero-order valence-corrected chi connectivity index (χ0v) is 14.6. The van der Waals surface area contributed by atoms with Crippen molar-refractivity contribution in [1.29, 1.82) is 0 Å². The highest BCUT2D eigenvalue weighted by molar-refractivity contribution is 7.92. The maximum Gasteiger partial charge on any atom is 0.181 e. The standard InChI is InChI=1S/C20H24O2S/c1-3-8-19(4-2)23(21,22)20-15-13-18(14-16-20)12-11-17-9-6-5-7-10-17/h5-7,9-16,19H,3-4,8H2,1-2H3/b12-11+. The van der Waals surface area contributed by atoms with Crippen LogP contribution < -0.4 is 0 Å². The van der Waals surface area contributed by atoms with Gasteiger partial charge in [0.25, 0.3) is 0 Å². The van der Waals surface area contributed by atoms with Gasteiger partial charge in [-0.3, -0.25) is 0 Å². The average Bonchev–Trinajstić information content (AvgIpc) is 2.59. The van der Waals surface area contributed by atoms with Gasteiger partial charge in [-0.1, -0.05) is 74.9 Å². The smallest absolute Gasteiger partial charge is 0.181 e. The van der Waals surface area contributed by atoms with Crippen molar-refractivity contribution in [3.63, 3.8) is 0 Å². The Morgan fingerprint density at radius 3 is 1.96 bits per heavy atom. The van der Waals surface area contributed by atoms with Crippen LogP contribution in [0.3, 0.4) is 0 Å². The second kappa shape index (κ2) is 8.11. The monoisotopic (exact) mass is 328 g/mol. The van der Waals surface area contributed by atoms with Crippen LogP contribution in [-0.2, 0) is 9.84 Å². The van der Waals surface area contributed by atoms with Crippen LogP contribution in [-0.4, -0.2) is 13.7 Å². The van der Waals surface area contributed by atoms with Crippen LogP contribution in [0.4, 0.5) is 0 Å². The maximum atomic E-state index is 12.6. The number of hydrogen-bond donors (Lipinski definition) is 0. The highest BCUT2D eigenvalue weighted by Gasteiger charge is 2.24. The van der Waals surface area contributed by atoms with Crippen molar-refractivity contribution in [2.45, 2.75) is 43.3 Å². The van der Waals surface area contributed by atoms with Crippen LogP contribution in [0, 0.1) is 0 Å². The van der Waals surface area contributed by atoms with E-state index in [0.29, 0.717) is 17.7 Å². The Labute approximate surface area is 139 Å². The van der Waals surface area contributed by atoms with Crippen LogP contribution in [0.2, 0.25) is 0 Å². The Bertz CT molecular complexity index is 729. The van der Waals surface area contributed by atoms with Crippen molar-refractivity contribution >= 4 is 22.0 Å². The normalized spacial score (nSPS) is 13.3. The Hall–Kier alpha value is -1.87. The van der Waals surface area contributed by atoms with Crippen LogP contribution in [0.25, 0.3) is 12.2 Å². The molecule has 23 heavy (non-hydrogen) atoms. The van der Waals surface area contributed by atoms with Gasteiger partial charge in [-0.2, -0.15) is 0 Å². The number of sulfone groups is 1. The third kappa shape index (κ3) is 4.55. The molecule has 0 aromatic heterocycles. The summed E-state index contributed by atoms with van der Waals surface area (Å²) in [5.41, 5.74) is 2.12. The number of hydrogen-bond acceptors (Lipinski definition) is 2. The SMILES string of the molecule is CCCC(CC)S(=O)(=O)c1ccc(/C=C/c2ccccc2)cc1. The van der Waals surface area contributed by atoms with E-state index in [9.17, 15) is 8.42 Å². The van der Waals surface area contributed by atoms with Gasteiger partial charge in [-0.15, -0.1) is 0 Å². The summed E-state index contributed by atoms with van der Waals surface area (Å²) in [6, 6.07) is 17.2. The lowest BCUT2D eigenvalue weighted by atomic mass is 10.1. The van der Waals surface area contributed by atoms with Gasteiger partial charge in [0.1, 0.15) is 0 Å². The fourth-order valence-electron chi connectivity index (χ4n) is 2.62. The number of rotatable bonds is 7.